The molecule has 12 heteroatoms. The van der Waals surface area contributed by atoms with Crippen LogP contribution in [-0.4, -0.2) is 27.5 Å². The van der Waals surface area contributed by atoms with Gasteiger partial charge in [-0.3, -0.25) is 19.7 Å². The number of benzene rings is 1. The number of anilines is 1. The lowest BCUT2D eigenvalue weighted by molar-refractivity contribution is -0.388. The molecule has 0 fully saturated rings. The molecule has 1 aliphatic rings. The van der Waals surface area contributed by atoms with Crippen LogP contribution in [0.15, 0.2) is 11.2 Å². The fourth-order valence-electron chi connectivity index (χ4n) is 1.84. The number of halogens is 4. The first-order chi connectivity index (χ1) is 10.1. The summed E-state index contributed by atoms with van der Waals surface area (Å²) in [5.41, 5.74) is -7.04. The molecule has 0 spiro atoms. The topological polar surface area (TPSA) is 122 Å². The van der Waals surface area contributed by atoms with Crippen molar-refractivity contribution < 1.29 is 37.3 Å². The van der Waals surface area contributed by atoms with Gasteiger partial charge in [-0.2, -0.15) is 17.6 Å². The van der Waals surface area contributed by atoms with Gasteiger partial charge in [-0.25, -0.2) is 0 Å². The van der Waals surface area contributed by atoms with Gasteiger partial charge in [0.25, 0.3) is 5.91 Å². The van der Waals surface area contributed by atoms with Gasteiger partial charge in [0.15, 0.2) is 0 Å². The molecule has 0 aliphatic carbocycles. The van der Waals surface area contributed by atoms with E-state index in [0.717, 1.165) is 0 Å². The highest BCUT2D eigenvalue weighted by Gasteiger charge is 2.45. The Balaban J connectivity index is 2.89. The molecule has 1 amide bonds. The third-order valence-electron chi connectivity index (χ3n) is 2.73. The normalized spacial score (nSPS) is 16.5. The Kier molecular flexibility index (Phi) is 3.31. The maximum absolute atomic E-state index is 13.8. The van der Waals surface area contributed by atoms with Gasteiger partial charge in [-0.1, -0.05) is 5.16 Å². The van der Waals surface area contributed by atoms with Gasteiger partial charge in [0.2, 0.25) is 17.3 Å². The summed E-state index contributed by atoms with van der Waals surface area (Å²) >= 11 is 0. The molecule has 1 aromatic rings. The van der Waals surface area contributed by atoms with E-state index in [4.69, 9.17) is 5.21 Å². The van der Waals surface area contributed by atoms with Crippen LogP contribution in [0.4, 0.5) is 28.9 Å². The van der Waals surface area contributed by atoms with Gasteiger partial charge >= 0.3 is 11.9 Å². The van der Waals surface area contributed by atoms with Gasteiger partial charge in [0, 0.05) is 0 Å². The summed E-state index contributed by atoms with van der Waals surface area (Å²) in [7, 11) is 0. The van der Waals surface area contributed by atoms with E-state index in [0.29, 0.717) is 0 Å². The van der Waals surface area contributed by atoms with Crippen LogP contribution < -0.4 is 5.32 Å². The zero-order valence-corrected chi connectivity index (χ0v) is 10.1. The van der Waals surface area contributed by atoms with Crippen molar-refractivity contribution in [3.8, 4) is 0 Å². The average Bonchev–Trinajstić information content (AvgIpc) is 2.37. The first-order valence-electron chi connectivity index (χ1n) is 5.25. The minimum atomic E-state index is -5.29. The highest BCUT2D eigenvalue weighted by atomic mass is 19.4. The molecular weight excluding hydrogens is 318 g/mol. The number of alkyl halides is 3. The first-order valence-corrected chi connectivity index (χ1v) is 5.25. The molecule has 0 aromatic heterocycles. The van der Waals surface area contributed by atoms with Crippen molar-refractivity contribution in [1.29, 1.82) is 0 Å². The lowest BCUT2D eigenvalue weighted by Gasteiger charge is -2.19. The summed E-state index contributed by atoms with van der Waals surface area (Å²) in [5, 5.41) is 23.3. The van der Waals surface area contributed by atoms with E-state index >= 15 is 0 Å². The quantitative estimate of drug-likeness (QED) is 0.353. The first kappa shape index (κ1) is 15.3. The van der Waals surface area contributed by atoms with Gasteiger partial charge in [-0.15, -0.1) is 0 Å². The Morgan fingerprint density at radius 1 is 1.32 bits per heavy atom. The number of carbonyl (C=O) groups excluding carboxylic acids is 2. The number of nitro benzene ring substituents is 1. The molecule has 0 unspecified atom stereocenters. The Bertz CT molecular complexity index is 756. The number of hydrogen-bond donors (Lipinski definition) is 2. The summed E-state index contributed by atoms with van der Waals surface area (Å²) in [6.45, 7) is 0. The maximum Gasteiger partial charge on any atom is 0.419 e. The number of nitrogens with one attached hydrogen (secondary N) is 1. The largest absolute Gasteiger partial charge is 0.419 e. The van der Waals surface area contributed by atoms with Crippen molar-refractivity contribution in [2.45, 2.75) is 6.18 Å². The Hall–Kier alpha value is -3.05. The monoisotopic (exact) mass is 321 g/mol. The molecule has 2 N–H and O–H groups in total. The smallest absolute Gasteiger partial charge is 0.410 e. The zero-order chi connectivity index (χ0) is 16.8. The minimum absolute atomic E-state index is 0.0572. The van der Waals surface area contributed by atoms with Crippen LogP contribution in [0.5, 0.6) is 0 Å². The molecule has 0 saturated carbocycles. The van der Waals surface area contributed by atoms with Crippen molar-refractivity contribution in [3.63, 3.8) is 0 Å². The number of amides is 1. The van der Waals surface area contributed by atoms with Crippen LogP contribution in [0.1, 0.15) is 15.9 Å². The second-order valence-electron chi connectivity index (χ2n) is 4.00. The zero-order valence-electron chi connectivity index (χ0n) is 10.1. The van der Waals surface area contributed by atoms with Gasteiger partial charge in [0.05, 0.1) is 10.6 Å². The molecular formula is C10H3F4N3O5. The molecule has 22 heavy (non-hydrogen) atoms. The molecule has 1 aliphatic heterocycles. The number of nitro groups is 1. The summed E-state index contributed by atoms with van der Waals surface area (Å²) in [6, 6.07) is 0.0572. The molecule has 0 bridgehead atoms. The number of nitrogens with zero attached hydrogens (tertiary/aromatic N) is 2. The molecule has 2 rings (SSSR count). The van der Waals surface area contributed by atoms with E-state index in [1.807, 2.05) is 0 Å². The number of fused-ring (bicyclic) bond motifs is 1. The van der Waals surface area contributed by atoms with Crippen LogP contribution in [0.25, 0.3) is 0 Å². The Morgan fingerprint density at radius 3 is 2.36 bits per heavy atom. The summed E-state index contributed by atoms with van der Waals surface area (Å²) in [5.74, 6) is -5.23. The van der Waals surface area contributed by atoms with Crippen LogP contribution in [0.2, 0.25) is 0 Å². The van der Waals surface area contributed by atoms with Crippen molar-refractivity contribution >= 4 is 28.8 Å². The number of ketones is 1. The number of hydrogen-bond acceptors (Lipinski definition) is 6. The summed E-state index contributed by atoms with van der Waals surface area (Å²) < 4.78 is 51.8. The Labute approximate surface area is 117 Å². The highest BCUT2D eigenvalue weighted by molar-refractivity contribution is 6.73. The second-order valence-corrected chi connectivity index (χ2v) is 4.00. The number of rotatable bonds is 1. The minimum Gasteiger partial charge on any atom is -0.410 e. The van der Waals surface area contributed by atoms with Crippen LogP contribution in [0.3, 0.4) is 0 Å². The molecule has 1 aromatic carbocycles. The molecule has 0 saturated heterocycles. The third-order valence-corrected chi connectivity index (χ3v) is 2.73. The predicted molar refractivity (Wildman–Crippen MR) is 60.2 cm³/mol. The van der Waals surface area contributed by atoms with Crippen LogP contribution in [-0.2, 0) is 11.0 Å². The molecule has 8 nitrogen and oxygen atoms in total. The molecule has 0 radical (unpaired) electrons. The fourth-order valence-corrected chi connectivity index (χ4v) is 1.84. The van der Waals surface area contributed by atoms with Gasteiger partial charge in [-0.05, 0) is 6.07 Å². The third kappa shape index (κ3) is 2.13. The van der Waals surface area contributed by atoms with E-state index in [9.17, 15) is 37.3 Å². The van der Waals surface area contributed by atoms with Crippen molar-refractivity contribution in [3.05, 3.63) is 33.1 Å². The number of Topliss-reactive ketones (excluding diaryl/α,β-unsaturated/α-hetero) is 1. The van der Waals surface area contributed by atoms with Crippen LogP contribution >= 0.6 is 0 Å². The lowest BCUT2D eigenvalue weighted by Crippen LogP contribution is -2.37. The van der Waals surface area contributed by atoms with Crippen molar-refractivity contribution in [2.75, 3.05) is 5.32 Å². The van der Waals surface area contributed by atoms with Crippen molar-refractivity contribution in [2.24, 2.45) is 5.16 Å². The highest BCUT2D eigenvalue weighted by Crippen LogP contribution is 2.41. The average molecular weight is 321 g/mol. The second kappa shape index (κ2) is 4.75. The van der Waals surface area contributed by atoms with Crippen LogP contribution in [0, 0.1) is 15.9 Å². The van der Waals surface area contributed by atoms with E-state index in [1.54, 1.807) is 5.32 Å². The van der Waals surface area contributed by atoms with E-state index < -0.39 is 56.8 Å². The molecule has 0 atom stereocenters. The predicted octanol–water partition coefficient (Wildman–Crippen LogP) is 1.72. The van der Waals surface area contributed by atoms with E-state index in [-0.39, 0.29) is 6.07 Å². The SMILES string of the molecule is O=C1Nc2cc(C(F)(F)F)c(F)c([N+](=O)[O-])c2C(=O)C1=NO. The summed E-state index contributed by atoms with van der Waals surface area (Å²) in [4.78, 5) is 32.4. The van der Waals surface area contributed by atoms with E-state index in [2.05, 4.69) is 5.16 Å². The molecule has 116 valence electrons. The van der Waals surface area contributed by atoms with E-state index in [1.165, 1.54) is 0 Å². The standard InChI is InChI=1S/C10H3F4N3O5/c11-5-2(10(12,13)14)1-3-4(7(5)17(21)22)8(18)6(16-20)9(19)15-3/h1,20H,(H,15,19). The Morgan fingerprint density at radius 2 is 1.91 bits per heavy atom. The lowest BCUT2D eigenvalue weighted by atomic mass is 9.95. The van der Waals surface area contributed by atoms with Crippen molar-refractivity contribution in [1.82, 2.24) is 0 Å². The maximum atomic E-state index is 13.8. The number of carbonyl (C=O) groups is 2. The number of oxime groups is 1. The fraction of sp³-hybridized carbons (Fsp3) is 0.100. The van der Waals surface area contributed by atoms with Gasteiger partial charge in [0.1, 0.15) is 11.1 Å². The van der Waals surface area contributed by atoms with Gasteiger partial charge < -0.3 is 10.5 Å². The summed E-state index contributed by atoms with van der Waals surface area (Å²) in [6.07, 6.45) is -5.29. The molecule has 1 heterocycles.